The molecule has 0 bridgehead atoms. The molecule has 134 valence electrons. The number of amides is 1. The van der Waals surface area contributed by atoms with Crippen molar-refractivity contribution in [3.63, 3.8) is 0 Å². The van der Waals surface area contributed by atoms with Crippen molar-refractivity contribution in [3.8, 4) is 0 Å². The van der Waals surface area contributed by atoms with E-state index in [0.717, 1.165) is 19.4 Å². The Bertz CT molecular complexity index is 387. The predicted octanol–water partition coefficient (Wildman–Crippen LogP) is 4.33. The summed E-state index contributed by atoms with van der Waals surface area (Å²) in [7, 11) is 0. The topological polar surface area (TPSA) is 41.6 Å². The fraction of sp³-hybridized carbons (Fsp3) is 0.947. The van der Waals surface area contributed by atoms with E-state index < -0.39 is 5.60 Å². The van der Waals surface area contributed by atoms with Gasteiger partial charge in [0.2, 0.25) is 0 Å². The highest BCUT2D eigenvalue weighted by atomic mass is 16.6. The summed E-state index contributed by atoms with van der Waals surface area (Å²) in [6, 6.07) is 1.53. The zero-order valence-corrected chi connectivity index (χ0v) is 15.7. The van der Waals surface area contributed by atoms with Crippen LogP contribution in [0.4, 0.5) is 4.79 Å². The van der Waals surface area contributed by atoms with Crippen LogP contribution in [0.1, 0.15) is 79.6 Å². The fourth-order valence-corrected chi connectivity index (χ4v) is 4.27. The molecule has 1 saturated heterocycles. The van der Waals surface area contributed by atoms with Gasteiger partial charge in [-0.15, -0.1) is 0 Å². The van der Waals surface area contributed by atoms with Crippen LogP contribution >= 0.6 is 0 Å². The summed E-state index contributed by atoms with van der Waals surface area (Å²) in [5, 5.41) is 3.87. The summed E-state index contributed by atoms with van der Waals surface area (Å²) >= 11 is 0. The van der Waals surface area contributed by atoms with E-state index in [4.69, 9.17) is 4.74 Å². The van der Waals surface area contributed by atoms with E-state index in [-0.39, 0.29) is 6.09 Å². The van der Waals surface area contributed by atoms with Crippen LogP contribution in [-0.2, 0) is 4.74 Å². The molecule has 1 amide bonds. The van der Waals surface area contributed by atoms with Crippen molar-refractivity contribution < 1.29 is 9.53 Å². The van der Waals surface area contributed by atoms with Gasteiger partial charge in [-0.1, -0.05) is 20.3 Å². The van der Waals surface area contributed by atoms with Crippen LogP contribution in [-0.4, -0.2) is 41.3 Å². The van der Waals surface area contributed by atoms with Gasteiger partial charge in [-0.25, -0.2) is 4.79 Å². The van der Waals surface area contributed by atoms with Gasteiger partial charge in [0, 0.05) is 24.7 Å². The van der Waals surface area contributed by atoms with E-state index >= 15 is 0 Å². The average Bonchev–Trinajstić information content (AvgIpc) is 3.11. The van der Waals surface area contributed by atoms with Crippen molar-refractivity contribution in [3.05, 3.63) is 0 Å². The first-order valence-corrected chi connectivity index (χ1v) is 9.61. The molecule has 1 saturated carbocycles. The van der Waals surface area contributed by atoms with Crippen molar-refractivity contribution in [1.82, 2.24) is 10.2 Å². The Labute approximate surface area is 142 Å². The van der Waals surface area contributed by atoms with Gasteiger partial charge in [0.25, 0.3) is 0 Å². The Hall–Kier alpha value is -0.770. The number of ether oxygens (including phenoxy) is 1. The molecule has 3 unspecified atom stereocenters. The highest BCUT2D eigenvalue weighted by molar-refractivity contribution is 5.69. The smallest absolute Gasteiger partial charge is 0.410 e. The SMILES string of the molecule is CCC(CC)NC1CCCC1C1CCCN1C(=O)OC(C)(C)C. The van der Waals surface area contributed by atoms with Gasteiger partial charge in [-0.05, 0) is 65.2 Å². The summed E-state index contributed by atoms with van der Waals surface area (Å²) in [6.07, 6.45) is 8.25. The van der Waals surface area contributed by atoms with Crippen LogP contribution in [0, 0.1) is 5.92 Å². The molecule has 1 heterocycles. The minimum Gasteiger partial charge on any atom is -0.444 e. The predicted molar refractivity (Wildman–Crippen MR) is 94.6 cm³/mol. The molecule has 4 heteroatoms. The van der Waals surface area contributed by atoms with Crippen molar-refractivity contribution in [2.75, 3.05) is 6.54 Å². The third-order valence-electron chi connectivity index (χ3n) is 5.43. The molecule has 0 aromatic heterocycles. The number of nitrogens with one attached hydrogen (secondary N) is 1. The van der Waals surface area contributed by atoms with E-state index in [1.165, 1.54) is 32.1 Å². The van der Waals surface area contributed by atoms with Gasteiger partial charge in [0.1, 0.15) is 5.60 Å². The highest BCUT2D eigenvalue weighted by Gasteiger charge is 2.42. The third kappa shape index (κ3) is 4.85. The fourth-order valence-electron chi connectivity index (χ4n) is 4.27. The van der Waals surface area contributed by atoms with Gasteiger partial charge in [-0.3, -0.25) is 0 Å². The molecule has 1 aliphatic heterocycles. The standard InChI is InChI=1S/C19H36N2O2/c1-6-14(7-2)20-16-11-8-10-15(16)17-12-9-13-21(17)18(22)23-19(3,4)5/h14-17,20H,6-13H2,1-5H3. The molecule has 0 spiro atoms. The van der Waals surface area contributed by atoms with Gasteiger partial charge in [0.15, 0.2) is 0 Å². The van der Waals surface area contributed by atoms with Gasteiger partial charge in [0.05, 0.1) is 0 Å². The second-order valence-electron chi connectivity index (χ2n) is 8.26. The van der Waals surface area contributed by atoms with Crippen molar-refractivity contribution in [2.24, 2.45) is 5.92 Å². The molecule has 4 nitrogen and oxygen atoms in total. The van der Waals surface area contributed by atoms with Gasteiger partial charge < -0.3 is 15.0 Å². The average molecular weight is 325 g/mol. The van der Waals surface area contributed by atoms with Crippen LogP contribution in [0.15, 0.2) is 0 Å². The van der Waals surface area contributed by atoms with E-state index in [2.05, 4.69) is 19.2 Å². The van der Waals surface area contributed by atoms with E-state index in [0.29, 0.717) is 24.0 Å². The van der Waals surface area contributed by atoms with Crippen molar-refractivity contribution in [1.29, 1.82) is 0 Å². The second-order valence-corrected chi connectivity index (χ2v) is 8.26. The molecule has 1 N–H and O–H groups in total. The Morgan fingerprint density at radius 2 is 1.87 bits per heavy atom. The summed E-state index contributed by atoms with van der Waals surface area (Å²) in [6.45, 7) is 11.2. The highest BCUT2D eigenvalue weighted by Crippen LogP contribution is 2.37. The molecule has 2 rings (SSSR count). The zero-order chi connectivity index (χ0) is 17.0. The number of hydrogen-bond acceptors (Lipinski definition) is 3. The first-order chi connectivity index (χ1) is 10.9. The lowest BCUT2D eigenvalue weighted by Crippen LogP contribution is -2.49. The molecule has 2 fully saturated rings. The zero-order valence-electron chi connectivity index (χ0n) is 15.7. The molecular weight excluding hydrogens is 288 g/mol. The lowest BCUT2D eigenvalue weighted by molar-refractivity contribution is 0.0165. The maximum Gasteiger partial charge on any atom is 0.410 e. The lowest BCUT2D eigenvalue weighted by Gasteiger charge is -2.35. The van der Waals surface area contributed by atoms with Crippen LogP contribution in [0.5, 0.6) is 0 Å². The van der Waals surface area contributed by atoms with E-state index in [1.54, 1.807) is 0 Å². The molecule has 1 aliphatic carbocycles. The summed E-state index contributed by atoms with van der Waals surface area (Å²) in [5.74, 6) is 0.589. The van der Waals surface area contributed by atoms with Crippen molar-refractivity contribution >= 4 is 6.09 Å². The minimum atomic E-state index is -0.410. The normalized spacial score (nSPS) is 28.6. The Balaban J connectivity index is 2.01. The molecule has 0 aromatic carbocycles. The van der Waals surface area contributed by atoms with Gasteiger partial charge >= 0.3 is 6.09 Å². The van der Waals surface area contributed by atoms with Crippen LogP contribution in [0.3, 0.4) is 0 Å². The van der Waals surface area contributed by atoms with Crippen LogP contribution in [0.25, 0.3) is 0 Å². The molecule has 3 atom stereocenters. The first kappa shape index (κ1) is 18.6. The summed E-state index contributed by atoms with van der Waals surface area (Å²) in [5.41, 5.74) is -0.410. The molecule has 0 aromatic rings. The first-order valence-electron chi connectivity index (χ1n) is 9.61. The Morgan fingerprint density at radius 1 is 1.17 bits per heavy atom. The lowest BCUT2D eigenvalue weighted by atomic mass is 9.91. The number of likely N-dealkylation sites (tertiary alicyclic amines) is 1. The van der Waals surface area contributed by atoms with Crippen LogP contribution < -0.4 is 5.32 Å². The monoisotopic (exact) mass is 324 g/mol. The number of nitrogens with zero attached hydrogens (tertiary/aromatic N) is 1. The minimum absolute atomic E-state index is 0.117. The molecule has 0 radical (unpaired) electrons. The molecule has 23 heavy (non-hydrogen) atoms. The largest absolute Gasteiger partial charge is 0.444 e. The number of rotatable bonds is 5. The van der Waals surface area contributed by atoms with Gasteiger partial charge in [-0.2, -0.15) is 0 Å². The second kappa shape index (κ2) is 7.87. The quantitative estimate of drug-likeness (QED) is 0.818. The van der Waals surface area contributed by atoms with E-state index in [9.17, 15) is 4.79 Å². The summed E-state index contributed by atoms with van der Waals surface area (Å²) < 4.78 is 5.64. The van der Waals surface area contributed by atoms with E-state index in [1.807, 2.05) is 25.7 Å². The number of carbonyl (C=O) groups excluding carboxylic acids is 1. The third-order valence-corrected chi connectivity index (χ3v) is 5.43. The number of hydrogen-bond donors (Lipinski definition) is 1. The summed E-state index contributed by atoms with van der Waals surface area (Å²) in [4.78, 5) is 14.6. The maximum absolute atomic E-state index is 12.6. The number of carbonyl (C=O) groups is 1. The maximum atomic E-state index is 12.6. The molecule has 2 aliphatic rings. The Kier molecular flexibility index (Phi) is 6.35. The Morgan fingerprint density at radius 3 is 2.48 bits per heavy atom. The van der Waals surface area contributed by atoms with Crippen LogP contribution in [0.2, 0.25) is 0 Å². The molecular formula is C19H36N2O2. The van der Waals surface area contributed by atoms with Crippen molar-refractivity contribution in [2.45, 2.75) is 103 Å².